The number of aliphatic carboxylic acids is 1. The number of nitrogens with zero attached hydrogens (tertiary/aromatic N) is 1. The summed E-state index contributed by atoms with van der Waals surface area (Å²) in [5, 5.41) is 12.2. The highest BCUT2D eigenvalue weighted by Crippen LogP contribution is 2.41. The molecule has 0 aliphatic heterocycles. The van der Waals surface area contributed by atoms with E-state index in [1.165, 1.54) is 0 Å². The highest BCUT2D eigenvalue weighted by molar-refractivity contribution is 7.91. The monoisotopic (exact) mass is 568 g/mol. The molecule has 8 nitrogen and oxygen atoms in total. The lowest BCUT2D eigenvalue weighted by molar-refractivity contribution is -0.140. The first-order valence-corrected chi connectivity index (χ1v) is 15.3. The number of carbonyl (C=O) groups is 2. The molecule has 0 spiro atoms. The zero-order valence-corrected chi connectivity index (χ0v) is 24.9. The van der Waals surface area contributed by atoms with E-state index in [1.54, 1.807) is 56.3 Å². The van der Waals surface area contributed by atoms with Gasteiger partial charge >= 0.3 is 5.97 Å². The average Bonchev–Trinajstić information content (AvgIpc) is 3.37. The summed E-state index contributed by atoms with van der Waals surface area (Å²) >= 11 is 0. The fourth-order valence-corrected chi connectivity index (χ4v) is 6.26. The largest absolute Gasteiger partial charge is 0.480 e. The van der Waals surface area contributed by atoms with Gasteiger partial charge in [-0.05, 0) is 74.1 Å². The summed E-state index contributed by atoms with van der Waals surface area (Å²) in [5.41, 5.74) is 2.78. The van der Waals surface area contributed by atoms with E-state index in [9.17, 15) is 23.1 Å². The summed E-state index contributed by atoms with van der Waals surface area (Å²) in [6.07, 6.45) is 1.50. The maximum Gasteiger partial charge on any atom is 0.326 e. The molecule has 2 N–H and O–H groups in total. The van der Waals surface area contributed by atoms with Crippen molar-refractivity contribution in [3.05, 3.63) is 83.2 Å². The molecule has 0 radical (unpaired) electrons. The normalized spacial score (nSPS) is 12.8. The van der Waals surface area contributed by atoms with Crippen molar-refractivity contribution in [2.75, 3.05) is 5.94 Å². The standard InChI is InChI=1S/C31H40N2O6S/c1-7-31(8-2,27-18-16-25(33(27)9-3)29(34)32-28(21(4)5)30(35)36)23-15-17-26(22(6)19-23)39-20-40(37,38)24-13-11-10-12-14-24/h10-19,21,28H,7-9,20H2,1-6H3,(H,32,34)(H,35,36)/t28-/m0/s1. The Kier molecular flexibility index (Phi) is 9.84. The molecule has 40 heavy (non-hydrogen) atoms. The third-order valence-corrected chi connectivity index (χ3v) is 9.06. The summed E-state index contributed by atoms with van der Waals surface area (Å²) < 4.78 is 33.1. The van der Waals surface area contributed by atoms with Crippen molar-refractivity contribution < 1.29 is 27.9 Å². The fourth-order valence-electron chi connectivity index (χ4n) is 5.27. The molecular weight excluding hydrogens is 528 g/mol. The van der Waals surface area contributed by atoms with Gasteiger partial charge in [-0.1, -0.05) is 58.0 Å². The van der Waals surface area contributed by atoms with Crippen LogP contribution in [0.3, 0.4) is 0 Å². The van der Waals surface area contributed by atoms with Crippen LogP contribution in [-0.4, -0.2) is 41.9 Å². The average molecular weight is 569 g/mol. The maximum absolute atomic E-state index is 13.2. The van der Waals surface area contributed by atoms with Crippen molar-refractivity contribution in [2.45, 2.75) is 77.3 Å². The van der Waals surface area contributed by atoms with Gasteiger partial charge in [0.2, 0.25) is 9.84 Å². The van der Waals surface area contributed by atoms with E-state index in [-0.39, 0.29) is 10.8 Å². The molecule has 2 aromatic carbocycles. The maximum atomic E-state index is 13.2. The third kappa shape index (κ3) is 6.25. The van der Waals surface area contributed by atoms with Gasteiger partial charge in [0.15, 0.2) is 5.94 Å². The summed E-state index contributed by atoms with van der Waals surface area (Å²) in [5.74, 6) is -1.72. The Morgan fingerprint density at radius 1 is 1.00 bits per heavy atom. The van der Waals surface area contributed by atoms with Gasteiger partial charge < -0.3 is 19.7 Å². The smallest absolute Gasteiger partial charge is 0.326 e. The van der Waals surface area contributed by atoms with Gasteiger partial charge in [-0.15, -0.1) is 0 Å². The number of hydrogen-bond acceptors (Lipinski definition) is 5. The van der Waals surface area contributed by atoms with E-state index in [4.69, 9.17) is 4.74 Å². The van der Waals surface area contributed by atoms with Crippen LogP contribution < -0.4 is 10.1 Å². The number of nitrogens with one attached hydrogen (secondary N) is 1. The Morgan fingerprint density at radius 3 is 2.17 bits per heavy atom. The number of benzene rings is 2. The summed E-state index contributed by atoms with van der Waals surface area (Å²) in [4.78, 5) is 25.1. The van der Waals surface area contributed by atoms with Gasteiger partial charge in [-0.2, -0.15) is 0 Å². The van der Waals surface area contributed by atoms with Crippen LogP contribution >= 0.6 is 0 Å². The molecule has 0 fully saturated rings. The first-order valence-electron chi connectivity index (χ1n) is 13.7. The van der Waals surface area contributed by atoms with Gasteiger partial charge in [0, 0.05) is 17.7 Å². The topological polar surface area (TPSA) is 115 Å². The molecule has 1 atom stereocenters. The molecule has 0 aliphatic rings. The van der Waals surface area contributed by atoms with Gasteiger partial charge in [-0.25, -0.2) is 13.2 Å². The number of ether oxygens (including phenoxy) is 1. The van der Waals surface area contributed by atoms with Crippen LogP contribution in [0.4, 0.5) is 0 Å². The lowest BCUT2D eigenvalue weighted by atomic mass is 9.72. The molecular formula is C31H40N2O6S. The number of aromatic nitrogens is 1. The Balaban J connectivity index is 1.94. The molecule has 3 rings (SSSR count). The highest BCUT2D eigenvalue weighted by Gasteiger charge is 2.36. The number of sulfone groups is 1. The van der Waals surface area contributed by atoms with Crippen LogP contribution in [0.1, 0.15) is 74.8 Å². The SMILES string of the molecule is CCn1c(C(=O)N[C@H](C(=O)O)C(C)C)ccc1C(CC)(CC)c1ccc(OCS(=O)(=O)c2ccccc2)c(C)c1. The van der Waals surface area contributed by atoms with E-state index in [1.807, 2.05) is 36.6 Å². The van der Waals surface area contributed by atoms with E-state index in [2.05, 4.69) is 19.2 Å². The van der Waals surface area contributed by atoms with E-state index in [0.29, 0.717) is 18.0 Å². The molecule has 0 saturated carbocycles. The van der Waals surface area contributed by atoms with Crippen molar-refractivity contribution in [3.8, 4) is 5.75 Å². The molecule has 9 heteroatoms. The molecule has 216 valence electrons. The molecule has 0 unspecified atom stereocenters. The number of carboxylic acids is 1. The predicted octanol–water partition coefficient (Wildman–Crippen LogP) is 5.57. The van der Waals surface area contributed by atoms with Crippen LogP contribution in [0.5, 0.6) is 5.75 Å². The Bertz CT molecular complexity index is 1440. The minimum absolute atomic E-state index is 0.212. The number of aryl methyl sites for hydroxylation is 1. The fraction of sp³-hybridized carbons (Fsp3) is 0.419. The molecule has 0 saturated heterocycles. The van der Waals surface area contributed by atoms with Crippen molar-refractivity contribution in [1.29, 1.82) is 0 Å². The summed E-state index contributed by atoms with van der Waals surface area (Å²) in [6, 6.07) is 16.7. The van der Waals surface area contributed by atoms with Crippen molar-refractivity contribution >= 4 is 21.7 Å². The number of hydrogen-bond donors (Lipinski definition) is 2. The number of carboxylic acid groups (broad SMARTS) is 1. The van der Waals surface area contributed by atoms with Crippen LogP contribution in [0.15, 0.2) is 65.6 Å². The van der Waals surface area contributed by atoms with Gasteiger partial charge in [0.05, 0.1) is 4.90 Å². The van der Waals surface area contributed by atoms with Gasteiger partial charge in [0.25, 0.3) is 5.91 Å². The molecule has 3 aromatic rings. The Morgan fingerprint density at radius 2 is 1.65 bits per heavy atom. The lowest BCUT2D eigenvalue weighted by Crippen LogP contribution is -2.45. The third-order valence-electron chi connectivity index (χ3n) is 7.65. The van der Waals surface area contributed by atoms with Crippen LogP contribution in [-0.2, 0) is 26.6 Å². The predicted molar refractivity (Wildman–Crippen MR) is 155 cm³/mol. The van der Waals surface area contributed by atoms with Crippen molar-refractivity contribution in [3.63, 3.8) is 0 Å². The molecule has 1 amide bonds. The van der Waals surface area contributed by atoms with Crippen molar-refractivity contribution in [1.82, 2.24) is 9.88 Å². The first kappa shape index (κ1) is 30.9. The number of carbonyl (C=O) groups excluding carboxylic acids is 1. The summed E-state index contributed by atoms with van der Waals surface area (Å²) in [7, 11) is -3.60. The lowest BCUT2D eigenvalue weighted by Gasteiger charge is -2.34. The van der Waals surface area contributed by atoms with E-state index >= 15 is 0 Å². The number of rotatable bonds is 13. The second-order valence-corrected chi connectivity index (χ2v) is 12.3. The van der Waals surface area contributed by atoms with Crippen LogP contribution in [0.25, 0.3) is 0 Å². The molecule has 1 aromatic heterocycles. The molecule has 0 bridgehead atoms. The van der Waals surface area contributed by atoms with Crippen LogP contribution in [0, 0.1) is 12.8 Å². The summed E-state index contributed by atoms with van der Waals surface area (Å²) in [6.45, 7) is 12.1. The second kappa shape index (κ2) is 12.7. The quantitative estimate of drug-likeness (QED) is 0.279. The van der Waals surface area contributed by atoms with Gasteiger partial charge in [0.1, 0.15) is 17.5 Å². The zero-order chi connectivity index (χ0) is 29.7. The van der Waals surface area contributed by atoms with E-state index < -0.39 is 39.1 Å². The molecule has 0 aliphatic carbocycles. The molecule has 1 heterocycles. The Labute approximate surface area is 237 Å². The van der Waals surface area contributed by atoms with Gasteiger partial charge in [-0.3, -0.25) is 4.79 Å². The highest BCUT2D eigenvalue weighted by atomic mass is 32.2. The minimum atomic E-state index is -3.60. The minimum Gasteiger partial charge on any atom is -0.480 e. The zero-order valence-electron chi connectivity index (χ0n) is 24.1. The second-order valence-electron chi connectivity index (χ2n) is 10.3. The first-order chi connectivity index (χ1) is 18.9. The number of amides is 1. The van der Waals surface area contributed by atoms with Crippen molar-refractivity contribution in [2.24, 2.45) is 5.92 Å². The van der Waals surface area contributed by atoms with E-state index in [0.717, 1.165) is 29.7 Å². The Hall–Kier alpha value is -3.59. The van der Waals surface area contributed by atoms with Crippen LogP contribution in [0.2, 0.25) is 0 Å².